The molecule has 0 saturated carbocycles. The first kappa shape index (κ1) is 11.0. The molecule has 2 nitrogen and oxygen atoms in total. The molecule has 0 aliphatic carbocycles. The Morgan fingerprint density at radius 3 is 2.36 bits per heavy atom. The number of anilines is 1. The second-order valence-corrected chi connectivity index (χ2v) is 3.49. The van der Waals surface area contributed by atoms with Crippen molar-refractivity contribution in [2.24, 2.45) is 5.73 Å². The summed E-state index contributed by atoms with van der Waals surface area (Å²) in [5.74, 6) is -0.203. The van der Waals surface area contributed by atoms with Gasteiger partial charge in [0.15, 0.2) is 0 Å². The molecule has 0 radical (unpaired) electrons. The van der Waals surface area contributed by atoms with Crippen molar-refractivity contribution in [2.75, 3.05) is 18.0 Å². The summed E-state index contributed by atoms with van der Waals surface area (Å²) in [6, 6.07) is 6.63. The Labute approximate surface area is 84.5 Å². The summed E-state index contributed by atoms with van der Waals surface area (Å²) in [4.78, 5) is 2.13. The standard InChI is InChI=1S/C11H17FN2/c1-3-14(8-9(2)13)11-6-4-10(12)5-7-11/h4-7,9H,3,8,13H2,1-2H3. The smallest absolute Gasteiger partial charge is 0.123 e. The third-order valence-electron chi connectivity index (χ3n) is 2.08. The van der Waals surface area contributed by atoms with Crippen LogP contribution in [0.2, 0.25) is 0 Å². The van der Waals surface area contributed by atoms with Gasteiger partial charge in [0.2, 0.25) is 0 Å². The van der Waals surface area contributed by atoms with Crippen LogP contribution < -0.4 is 10.6 Å². The normalized spacial score (nSPS) is 12.6. The number of rotatable bonds is 4. The van der Waals surface area contributed by atoms with E-state index < -0.39 is 0 Å². The monoisotopic (exact) mass is 196 g/mol. The first-order valence-electron chi connectivity index (χ1n) is 4.89. The Morgan fingerprint density at radius 1 is 1.36 bits per heavy atom. The molecule has 0 aliphatic rings. The fraction of sp³-hybridized carbons (Fsp3) is 0.455. The van der Waals surface area contributed by atoms with Crippen molar-refractivity contribution in [3.05, 3.63) is 30.1 Å². The van der Waals surface area contributed by atoms with Crippen molar-refractivity contribution in [2.45, 2.75) is 19.9 Å². The molecule has 1 aromatic carbocycles. The quantitative estimate of drug-likeness (QED) is 0.798. The van der Waals surface area contributed by atoms with Gasteiger partial charge < -0.3 is 10.6 Å². The van der Waals surface area contributed by atoms with Crippen molar-refractivity contribution < 1.29 is 4.39 Å². The molecule has 0 saturated heterocycles. The molecule has 0 heterocycles. The topological polar surface area (TPSA) is 29.3 Å². The van der Waals surface area contributed by atoms with Crippen LogP contribution >= 0.6 is 0 Å². The van der Waals surface area contributed by atoms with Crippen molar-refractivity contribution in [3.63, 3.8) is 0 Å². The fourth-order valence-electron chi connectivity index (χ4n) is 1.42. The van der Waals surface area contributed by atoms with Crippen LogP contribution in [0.4, 0.5) is 10.1 Å². The lowest BCUT2D eigenvalue weighted by Crippen LogP contribution is -2.35. The van der Waals surface area contributed by atoms with Crippen LogP contribution in [0.25, 0.3) is 0 Å². The summed E-state index contributed by atoms with van der Waals surface area (Å²) < 4.78 is 12.7. The van der Waals surface area contributed by atoms with E-state index in [0.717, 1.165) is 18.8 Å². The number of hydrogen-bond donors (Lipinski definition) is 1. The third-order valence-corrected chi connectivity index (χ3v) is 2.08. The number of hydrogen-bond acceptors (Lipinski definition) is 2. The molecule has 0 spiro atoms. The average Bonchev–Trinajstić information content (AvgIpc) is 2.15. The molecule has 1 atom stereocenters. The van der Waals surface area contributed by atoms with E-state index in [-0.39, 0.29) is 11.9 Å². The minimum atomic E-state index is -0.203. The van der Waals surface area contributed by atoms with Gasteiger partial charge in [-0.25, -0.2) is 4.39 Å². The summed E-state index contributed by atoms with van der Waals surface area (Å²) in [5, 5.41) is 0. The van der Waals surface area contributed by atoms with E-state index in [0.29, 0.717) is 0 Å². The van der Waals surface area contributed by atoms with Crippen molar-refractivity contribution >= 4 is 5.69 Å². The molecule has 3 heteroatoms. The van der Waals surface area contributed by atoms with Gasteiger partial charge in [-0.3, -0.25) is 0 Å². The fourth-order valence-corrected chi connectivity index (χ4v) is 1.42. The highest BCUT2D eigenvalue weighted by Gasteiger charge is 2.05. The molecule has 14 heavy (non-hydrogen) atoms. The van der Waals surface area contributed by atoms with Gasteiger partial charge in [0.1, 0.15) is 5.82 Å². The Balaban J connectivity index is 2.73. The molecule has 0 bridgehead atoms. The van der Waals surface area contributed by atoms with Gasteiger partial charge in [0.25, 0.3) is 0 Å². The molecule has 1 unspecified atom stereocenters. The number of nitrogens with two attached hydrogens (primary N) is 1. The summed E-state index contributed by atoms with van der Waals surface area (Å²) >= 11 is 0. The van der Waals surface area contributed by atoms with Gasteiger partial charge in [-0.1, -0.05) is 0 Å². The summed E-state index contributed by atoms with van der Waals surface area (Å²) in [7, 11) is 0. The zero-order chi connectivity index (χ0) is 10.6. The maximum Gasteiger partial charge on any atom is 0.123 e. The third kappa shape index (κ3) is 3.00. The maximum absolute atomic E-state index is 12.7. The second-order valence-electron chi connectivity index (χ2n) is 3.49. The van der Waals surface area contributed by atoms with Crippen LogP contribution in [0.1, 0.15) is 13.8 Å². The molecular weight excluding hydrogens is 179 g/mol. The zero-order valence-corrected chi connectivity index (χ0v) is 8.70. The van der Waals surface area contributed by atoms with E-state index >= 15 is 0 Å². The Kier molecular flexibility index (Phi) is 3.89. The maximum atomic E-state index is 12.7. The highest BCUT2D eigenvalue weighted by atomic mass is 19.1. The molecule has 2 N–H and O–H groups in total. The largest absolute Gasteiger partial charge is 0.370 e. The molecule has 0 fully saturated rings. The summed E-state index contributed by atoms with van der Waals surface area (Å²) in [6.07, 6.45) is 0. The highest BCUT2D eigenvalue weighted by molar-refractivity contribution is 5.46. The van der Waals surface area contributed by atoms with E-state index in [4.69, 9.17) is 5.73 Å². The zero-order valence-electron chi connectivity index (χ0n) is 8.70. The molecular formula is C11H17FN2. The lowest BCUT2D eigenvalue weighted by atomic mass is 10.2. The predicted octanol–water partition coefficient (Wildman–Crippen LogP) is 2.00. The Bertz CT molecular complexity index is 269. The van der Waals surface area contributed by atoms with Crippen LogP contribution in [0.3, 0.4) is 0 Å². The van der Waals surface area contributed by atoms with E-state index in [1.54, 1.807) is 12.1 Å². The lowest BCUT2D eigenvalue weighted by molar-refractivity contribution is 0.626. The SMILES string of the molecule is CCN(CC(C)N)c1ccc(F)cc1. The number of nitrogens with zero attached hydrogens (tertiary/aromatic N) is 1. The first-order chi connectivity index (χ1) is 6.63. The Hall–Kier alpha value is -1.09. The van der Waals surface area contributed by atoms with Gasteiger partial charge in [-0.05, 0) is 38.1 Å². The van der Waals surface area contributed by atoms with Crippen LogP contribution in [-0.2, 0) is 0 Å². The van der Waals surface area contributed by atoms with Gasteiger partial charge in [-0.15, -0.1) is 0 Å². The van der Waals surface area contributed by atoms with E-state index in [2.05, 4.69) is 11.8 Å². The highest BCUT2D eigenvalue weighted by Crippen LogP contribution is 2.14. The van der Waals surface area contributed by atoms with E-state index in [9.17, 15) is 4.39 Å². The number of likely N-dealkylation sites (N-methyl/N-ethyl adjacent to an activating group) is 1. The molecule has 0 aliphatic heterocycles. The van der Waals surface area contributed by atoms with Gasteiger partial charge >= 0.3 is 0 Å². The van der Waals surface area contributed by atoms with E-state index in [1.165, 1.54) is 12.1 Å². The molecule has 78 valence electrons. The van der Waals surface area contributed by atoms with Crippen LogP contribution in [0.15, 0.2) is 24.3 Å². The van der Waals surface area contributed by atoms with E-state index in [1.807, 2.05) is 6.92 Å². The molecule has 0 aromatic heterocycles. The van der Waals surface area contributed by atoms with Gasteiger partial charge in [-0.2, -0.15) is 0 Å². The molecule has 1 rings (SSSR count). The van der Waals surface area contributed by atoms with Gasteiger partial charge in [0, 0.05) is 24.8 Å². The van der Waals surface area contributed by atoms with Crippen LogP contribution in [-0.4, -0.2) is 19.1 Å². The van der Waals surface area contributed by atoms with Crippen LogP contribution in [0.5, 0.6) is 0 Å². The minimum Gasteiger partial charge on any atom is -0.370 e. The van der Waals surface area contributed by atoms with Crippen molar-refractivity contribution in [1.29, 1.82) is 0 Å². The number of halogens is 1. The average molecular weight is 196 g/mol. The van der Waals surface area contributed by atoms with Crippen LogP contribution in [0, 0.1) is 5.82 Å². The van der Waals surface area contributed by atoms with Crippen molar-refractivity contribution in [3.8, 4) is 0 Å². The minimum absolute atomic E-state index is 0.125. The van der Waals surface area contributed by atoms with Gasteiger partial charge in [0.05, 0.1) is 0 Å². The summed E-state index contributed by atoms with van der Waals surface area (Å²) in [6.45, 7) is 5.70. The summed E-state index contributed by atoms with van der Waals surface area (Å²) in [5.41, 5.74) is 6.74. The molecule has 0 amide bonds. The second kappa shape index (κ2) is 4.96. The molecule has 1 aromatic rings. The predicted molar refractivity (Wildman–Crippen MR) is 57.9 cm³/mol. The number of benzene rings is 1. The lowest BCUT2D eigenvalue weighted by Gasteiger charge is -2.24. The Morgan fingerprint density at radius 2 is 1.93 bits per heavy atom. The van der Waals surface area contributed by atoms with Crippen molar-refractivity contribution in [1.82, 2.24) is 0 Å². The first-order valence-corrected chi connectivity index (χ1v) is 4.89.